The number of nitrogens with zero attached hydrogens (tertiary/aromatic N) is 6. The Hall–Kier alpha value is -6.25. The number of rotatable bonds is 5. The van der Waals surface area contributed by atoms with Crippen LogP contribution in [0.1, 0.15) is 34.8 Å². The van der Waals surface area contributed by atoms with Crippen molar-refractivity contribution in [3.05, 3.63) is 105 Å². The van der Waals surface area contributed by atoms with Gasteiger partial charge in [-0.3, -0.25) is 14.6 Å². The Morgan fingerprint density at radius 2 is 1.38 bits per heavy atom. The topological polar surface area (TPSA) is 156 Å². The van der Waals surface area contributed by atoms with Gasteiger partial charge >= 0.3 is 11.9 Å². The van der Waals surface area contributed by atoms with Crippen LogP contribution in [0.15, 0.2) is 70.5 Å². The molecule has 0 aliphatic heterocycles. The van der Waals surface area contributed by atoms with Crippen LogP contribution < -0.4 is 11.1 Å². The lowest BCUT2D eigenvalue weighted by Gasteiger charge is -2.09. The zero-order valence-electron chi connectivity index (χ0n) is 26.1. The lowest BCUT2D eigenvalue weighted by Crippen LogP contribution is -2.26. The first-order chi connectivity index (χ1) is 23.1. The third-order valence-corrected chi connectivity index (χ3v) is 7.71. The number of benzene rings is 2. The van der Waals surface area contributed by atoms with Crippen molar-refractivity contribution in [2.75, 3.05) is 13.2 Å². The average molecular weight is 656 g/mol. The van der Waals surface area contributed by atoms with E-state index in [1.54, 1.807) is 50.8 Å². The van der Waals surface area contributed by atoms with Crippen LogP contribution in [-0.2, 0) is 23.6 Å². The van der Waals surface area contributed by atoms with E-state index in [2.05, 4.69) is 20.3 Å². The summed E-state index contributed by atoms with van der Waals surface area (Å²) in [5.74, 6) is -2.14. The van der Waals surface area contributed by atoms with Gasteiger partial charge < -0.3 is 18.6 Å². The predicted molar refractivity (Wildman–Crippen MR) is 172 cm³/mol. The number of esters is 2. The smallest absolute Gasteiger partial charge is 0.359 e. The van der Waals surface area contributed by atoms with Crippen molar-refractivity contribution in [1.29, 1.82) is 0 Å². The molecule has 5 aromatic heterocycles. The van der Waals surface area contributed by atoms with E-state index in [1.165, 1.54) is 47.2 Å². The molecule has 0 saturated carbocycles. The highest BCUT2D eigenvalue weighted by Crippen LogP contribution is 2.30. The van der Waals surface area contributed by atoms with E-state index in [9.17, 15) is 28.0 Å². The molecule has 0 saturated heterocycles. The number of pyridine rings is 1. The molecule has 0 bridgehead atoms. The van der Waals surface area contributed by atoms with E-state index in [0.717, 1.165) is 4.68 Å². The van der Waals surface area contributed by atoms with E-state index >= 15 is 0 Å². The molecule has 2 aromatic carbocycles. The molecule has 0 aliphatic rings. The van der Waals surface area contributed by atoms with Crippen LogP contribution in [0.25, 0.3) is 49.3 Å². The molecule has 0 unspecified atom stereocenters. The van der Waals surface area contributed by atoms with Crippen LogP contribution in [0.4, 0.5) is 8.78 Å². The van der Waals surface area contributed by atoms with Crippen LogP contribution in [0, 0.1) is 11.6 Å². The fourth-order valence-electron chi connectivity index (χ4n) is 5.67. The number of aromatic amines is 1. The lowest BCUT2D eigenvalue weighted by atomic mass is 10.1. The number of H-pyrrole nitrogens is 1. The first-order valence-electron chi connectivity index (χ1n) is 14.7. The van der Waals surface area contributed by atoms with Gasteiger partial charge in [0.1, 0.15) is 22.7 Å². The third-order valence-electron chi connectivity index (χ3n) is 7.71. The number of hydrogen-bond donors (Lipinski definition) is 1. The number of aromatic nitrogens is 7. The maximum absolute atomic E-state index is 13.8. The summed E-state index contributed by atoms with van der Waals surface area (Å²) in [6.07, 6.45) is 3.04. The SMILES string of the molecule is CCOC(=O)c1n[nH]c(=O)c2c1c1ccc(F)cc1n2C.CCOC(=O)c1nn(-c2cccnc2)c(=O)c2c1c1ccc(F)cc1n2C. The summed E-state index contributed by atoms with van der Waals surface area (Å²) >= 11 is 0. The Morgan fingerprint density at radius 3 is 1.94 bits per heavy atom. The zero-order valence-corrected chi connectivity index (χ0v) is 26.1. The Balaban J connectivity index is 0.000000173. The summed E-state index contributed by atoms with van der Waals surface area (Å²) in [5, 5.41) is 12.2. The average Bonchev–Trinajstić information content (AvgIpc) is 3.53. The number of fused-ring (bicyclic) bond motifs is 6. The Morgan fingerprint density at radius 1 is 0.812 bits per heavy atom. The molecule has 0 spiro atoms. The van der Waals surface area contributed by atoms with Crippen molar-refractivity contribution in [3.63, 3.8) is 0 Å². The second-order valence-electron chi connectivity index (χ2n) is 10.5. The van der Waals surface area contributed by atoms with Gasteiger partial charge in [0, 0.05) is 41.8 Å². The monoisotopic (exact) mass is 655 g/mol. The van der Waals surface area contributed by atoms with Crippen LogP contribution in [0.5, 0.6) is 0 Å². The van der Waals surface area contributed by atoms with Crippen molar-refractivity contribution in [2.24, 2.45) is 14.1 Å². The van der Waals surface area contributed by atoms with Gasteiger partial charge in [-0.15, -0.1) is 0 Å². The summed E-state index contributed by atoms with van der Waals surface area (Å²) in [4.78, 5) is 53.7. The van der Waals surface area contributed by atoms with Gasteiger partial charge in [0.2, 0.25) is 0 Å². The number of ether oxygens (including phenoxy) is 2. The quantitative estimate of drug-likeness (QED) is 0.267. The fraction of sp³-hybridized carbons (Fsp3) is 0.182. The highest BCUT2D eigenvalue weighted by atomic mass is 19.1. The number of hydrogen-bond acceptors (Lipinski definition) is 9. The summed E-state index contributed by atoms with van der Waals surface area (Å²) in [6.45, 7) is 3.72. The van der Waals surface area contributed by atoms with Gasteiger partial charge in [-0.25, -0.2) is 23.5 Å². The largest absolute Gasteiger partial charge is 0.461 e. The Bertz CT molecular complexity index is 2520. The number of nitrogens with one attached hydrogen (secondary N) is 1. The molecule has 7 rings (SSSR count). The minimum absolute atomic E-state index is 0.00693. The molecule has 13 nitrogen and oxygen atoms in total. The number of carbonyl (C=O) groups is 2. The minimum atomic E-state index is -0.656. The van der Waals surface area contributed by atoms with Gasteiger partial charge in [-0.2, -0.15) is 14.9 Å². The highest BCUT2D eigenvalue weighted by Gasteiger charge is 2.25. The Kier molecular flexibility index (Phi) is 8.27. The lowest BCUT2D eigenvalue weighted by molar-refractivity contribution is 0.0511. The maximum atomic E-state index is 13.8. The summed E-state index contributed by atoms with van der Waals surface area (Å²) in [6, 6.07) is 11.6. The molecular weight excluding hydrogens is 628 g/mol. The van der Waals surface area contributed by atoms with Gasteiger partial charge in [-0.05, 0) is 62.4 Å². The van der Waals surface area contributed by atoms with E-state index in [0.29, 0.717) is 38.3 Å². The van der Waals surface area contributed by atoms with Crippen LogP contribution in [0.2, 0.25) is 0 Å². The number of halogens is 2. The van der Waals surface area contributed by atoms with Crippen LogP contribution in [0.3, 0.4) is 0 Å². The third kappa shape index (κ3) is 5.24. The molecule has 0 fully saturated rings. The van der Waals surface area contributed by atoms with E-state index in [4.69, 9.17) is 9.47 Å². The second kappa shape index (κ2) is 12.5. The van der Waals surface area contributed by atoms with Crippen molar-refractivity contribution in [2.45, 2.75) is 13.8 Å². The Labute approximate surface area is 268 Å². The molecule has 0 aliphatic carbocycles. The van der Waals surface area contributed by atoms with E-state index in [-0.39, 0.29) is 35.6 Å². The number of carbonyl (C=O) groups excluding carboxylic acids is 2. The van der Waals surface area contributed by atoms with Gasteiger partial charge in [-0.1, -0.05) is 0 Å². The van der Waals surface area contributed by atoms with E-state index in [1.807, 2.05) is 0 Å². The summed E-state index contributed by atoms with van der Waals surface area (Å²) < 4.78 is 41.5. The van der Waals surface area contributed by atoms with Crippen molar-refractivity contribution in [3.8, 4) is 5.69 Å². The maximum Gasteiger partial charge on any atom is 0.359 e. The van der Waals surface area contributed by atoms with Crippen LogP contribution >= 0.6 is 0 Å². The van der Waals surface area contributed by atoms with Gasteiger partial charge in [0.15, 0.2) is 11.4 Å². The predicted octanol–water partition coefficient (Wildman–Crippen LogP) is 4.32. The van der Waals surface area contributed by atoms with Crippen molar-refractivity contribution < 1.29 is 27.8 Å². The first kappa shape index (κ1) is 31.7. The normalized spacial score (nSPS) is 11.2. The second-order valence-corrected chi connectivity index (χ2v) is 10.5. The van der Waals surface area contributed by atoms with Crippen molar-refractivity contribution in [1.82, 2.24) is 34.1 Å². The molecule has 7 aromatic rings. The molecular formula is C33H27F2N7O6. The first-order valence-corrected chi connectivity index (χ1v) is 14.7. The highest BCUT2D eigenvalue weighted by molar-refractivity contribution is 6.16. The zero-order chi connectivity index (χ0) is 34.3. The summed E-state index contributed by atoms with van der Waals surface area (Å²) in [5.41, 5.74) is 1.02. The molecule has 0 radical (unpaired) electrons. The standard InChI is InChI=1S/C19H15FN4O3.C14H12FN3O3/c1-3-27-19(26)16-15-13-7-6-11(20)9-14(13)23(2)17(15)18(25)24(22-16)12-5-4-8-21-10-12;1-3-21-14(20)11-10-8-5-4-7(15)6-9(8)18(2)12(10)13(19)17-16-11/h4-10H,3H2,1-2H3;4-6H,3H2,1-2H3,(H,17,19). The van der Waals surface area contributed by atoms with Gasteiger partial charge in [0.05, 0.1) is 36.1 Å². The molecule has 244 valence electrons. The van der Waals surface area contributed by atoms with Crippen molar-refractivity contribution >= 4 is 55.6 Å². The molecule has 0 atom stereocenters. The molecule has 1 N–H and O–H groups in total. The van der Waals surface area contributed by atoms with E-state index < -0.39 is 34.7 Å². The molecule has 15 heteroatoms. The molecule has 48 heavy (non-hydrogen) atoms. The molecule has 0 amide bonds. The fourth-order valence-corrected chi connectivity index (χ4v) is 5.67. The minimum Gasteiger partial charge on any atom is -0.461 e. The summed E-state index contributed by atoms with van der Waals surface area (Å²) in [7, 11) is 3.28. The number of aryl methyl sites for hydroxylation is 2. The van der Waals surface area contributed by atoms with Gasteiger partial charge in [0.25, 0.3) is 11.1 Å². The van der Waals surface area contributed by atoms with Crippen LogP contribution in [-0.4, -0.2) is 59.2 Å². The molecule has 5 heterocycles.